The number of allylic oxidation sites excluding steroid dienone is 1. The first-order valence-corrected chi connectivity index (χ1v) is 21.2. The van der Waals surface area contributed by atoms with E-state index in [2.05, 4.69) is 0 Å². The van der Waals surface area contributed by atoms with Gasteiger partial charge in [0.25, 0.3) is 0 Å². The molecule has 0 aliphatic carbocycles. The first-order valence-electron chi connectivity index (χ1n) is 21.2. The van der Waals surface area contributed by atoms with Gasteiger partial charge in [-0.05, 0) is 101 Å². The molecule has 12 nitrogen and oxygen atoms in total. The Labute approximate surface area is 335 Å². The van der Waals surface area contributed by atoms with Gasteiger partial charge in [-0.25, -0.2) is 4.79 Å². The minimum Gasteiger partial charge on any atom is -0.456 e. The molecule has 3 aliphatic rings. The zero-order valence-electron chi connectivity index (χ0n) is 35.5. The van der Waals surface area contributed by atoms with Crippen molar-refractivity contribution in [2.75, 3.05) is 6.54 Å². The van der Waals surface area contributed by atoms with Gasteiger partial charge in [0.1, 0.15) is 12.1 Å². The van der Waals surface area contributed by atoms with Crippen LogP contribution in [-0.4, -0.2) is 120 Å². The maximum atomic E-state index is 13.9. The summed E-state index contributed by atoms with van der Waals surface area (Å²) in [5, 5.41) is 77.4. The smallest absolute Gasteiger partial charge is 0.329 e. The first-order chi connectivity index (χ1) is 26.2. The molecule has 1 amide bonds. The Morgan fingerprint density at radius 3 is 2.29 bits per heavy atom. The summed E-state index contributed by atoms with van der Waals surface area (Å²) in [4.78, 5) is 29.3. The van der Waals surface area contributed by atoms with E-state index in [0.29, 0.717) is 50.6 Å². The van der Waals surface area contributed by atoms with Gasteiger partial charge in [0.15, 0.2) is 5.79 Å². The standard InChI is InChI=1S/C44H75NO11/c1-10-33-14-16-40(28(5)20-26(3)32(9)46)55-43(53)36-12-11-17-45(36)41(51)24-44(54)30(7)13-15-35(56-44)23-39(50)31(8)38(49)22-34(47)21-37(48)27(4)18-25(2)19-29(6)42(33)52/h14,18,20,25-26,29-32,34-40,42,46-50,52,54H,10-13,15-17,19,21-24H2,1-9H3. The molecule has 0 aromatic carbocycles. The normalized spacial score (nSPS) is 39.8. The molecule has 0 saturated carbocycles. The van der Waals surface area contributed by atoms with E-state index in [1.807, 2.05) is 52.8 Å². The van der Waals surface area contributed by atoms with Gasteiger partial charge >= 0.3 is 5.97 Å². The molecule has 2 fully saturated rings. The van der Waals surface area contributed by atoms with Crippen molar-refractivity contribution in [3.05, 3.63) is 34.9 Å². The van der Waals surface area contributed by atoms with E-state index in [9.17, 15) is 45.3 Å². The van der Waals surface area contributed by atoms with Crippen LogP contribution in [0.25, 0.3) is 0 Å². The molecule has 12 heteroatoms. The van der Waals surface area contributed by atoms with Crippen molar-refractivity contribution in [3.8, 4) is 0 Å². The summed E-state index contributed by atoms with van der Waals surface area (Å²) >= 11 is 0. The highest BCUT2D eigenvalue weighted by Crippen LogP contribution is 2.38. The third-order valence-electron chi connectivity index (χ3n) is 12.8. The van der Waals surface area contributed by atoms with Crippen LogP contribution in [-0.2, 0) is 19.1 Å². The molecule has 3 aliphatic heterocycles. The largest absolute Gasteiger partial charge is 0.456 e. The predicted molar refractivity (Wildman–Crippen MR) is 215 cm³/mol. The average Bonchev–Trinajstić information content (AvgIpc) is 3.62. The van der Waals surface area contributed by atoms with Crippen LogP contribution < -0.4 is 0 Å². The zero-order valence-corrected chi connectivity index (χ0v) is 35.5. The van der Waals surface area contributed by atoms with Gasteiger partial charge in [-0.2, -0.15) is 0 Å². The van der Waals surface area contributed by atoms with Crippen molar-refractivity contribution in [1.82, 2.24) is 4.90 Å². The fraction of sp³-hybridized carbons (Fsp3) is 0.818. The fourth-order valence-corrected chi connectivity index (χ4v) is 8.56. The number of ether oxygens (including phenoxy) is 2. The number of fused-ring (bicyclic) bond motifs is 3. The van der Waals surface area contributed by atoms with Crippen LogP contribution in [0.1, 0.15) is 133 Å². The molecule has 2 bridgehead atoms. The molecule has 3 heterocycles. The monoisotopic (exact) mass is 794 g/mol. The number of amides is 1. The maximum absolute atomic E-state index is 13.9. The lowest BCUT2D eigenvalue weighted by Crippen LogP contribution is -2.52. The van der Waals surface area contributed by atoms with Crippen LogP contribution in [0.5, 0.6) is 0 Å². The molecular formula is C44H75NO11. The van der Waals surface area contributed by atoms with Gasteiger partial charge in [0.2, 0.25) is 5.91 Å². The SMILES string of the molecule is CCC1=CCC(C(C)=CC(C)C(C)O)OC(=O)C2CCCN2C(=O)CC2(O)OC(CCC2C)CC(O)C(C)C(O)CC(O)CC(O)C(C)=CC(C)CC(C)C1O. The van der Waals surface area contributed by atoms with Crippen LogP contribution in [0.3, 0.4) is 0 Å². The van der Waals surface area contributed by atoms with Gasteiger partial charge in [-0.15, -0.1) is 0 Å². The third-order valence-corrected chi connectivity index (χ3v) is 12.8. The zero-order chi connectivity index (χ0) is 42.1. The second-order valence-electron chi connectivity index (χ2n) is 17.7. The van der Waals surface area contributed by atoms with E-state index in [1.165, 1.54) is 4.90 Å². The molecule has 2 saturated heterocycles. The number of rotatable bonds is 4. The van der Waals surface area contributed by atoms with Gasteiger partial charge in [0, 0.05) is 37.1 Å². The van der Waals surface area contributed by atoms with Crippen LogP contribution in [0.15, 0.2) is 34.9 Å². The Kier molecular flexibility index (Phi) is 18.7. The second kappa shape index (κ2) is 21.7. The van der Waals surface area contributed by atoms with E-state index in [-0.39, 0.29) is 49.9 Å². The number of aliphatic hydroxyl groups is 7. The summed E-state index contributed by atoms with van der Waals surface area (Å²) in [5.74, 6) is -4.26. The van der Waals surface area contributed by atoms with E-state index in [0.717, 1.165) is 11.1 Å². The highest BCUT2D eigenvalue weighted by Gasteiger charge is 2.47. The fourth-order valence-electron chi connectivity index (χ4n) is 8.56. The molecule has 7 N–H and O–H groups in total. The number of cyclic esters (lactones) is 1. The summed E-state index contributed by atoms with van der Waals surface area (Å²) < 4.78 is 12.3. The molecule has 3 rings (SSSR count). The topological polar surface area (TPSA) is 197 Å². The number of carbonyl (C=O) groups excluding carboxylic acids is 2. The van der Waals surface area contributed by atoms with Crippen molar-refractivity contribution in [2.24, 2.45) is 29.6 Å². The number of carbonyl (C=O) groups is 2. The van der Waals surface area contributed by atoms with Gasteiger partial charge in [-0.1, -0.05) is 59.8 Å². The van der Waals surface area contributed by atoms with Crippen molar-refractivity contribution in [1.29, 1.82) is 0 Å². The Bertz CT molecular complexity index is 1360. The van der Waals surface area contributed by atoms with Crippen LogP contribution in [0, 0.1) is 29.6 Å². The quantitative estimate of drug-likeness (QED) is 0.154. The van der Waals surface area contributed by atoms with Crippen molar-refractivity contribution in [3.63, 3.8) is 0 Å². The summed E-state index contributed by atoms with van der Waals surface area (Å²) in [7, 11) is 0. The molecule has 0 aromatic rings. The van der Waals surface area contributed by atoms with Gasteiger partial charge in [-0.3, -0.25) is 4.79 Å². The highest BCUT2D eigenvalue weighted by atomic mass is 16.6. The Hall–Kier alpha value is -2.16. The first kappa shape index (κ1) is 48.2. The summed E-state index contributed by atoms with van der Waals surface area (Å²) in [6.45, 7) is 17.0. The molecule has 0 aromatic heterocycles. The molecule has 56 heavy (non-hydrogen) atoms. The van der Waals surface area contributed by atoms with Crippen LogP contribution >= 0.6 is 0 Å². The number of hydrogen-bond donors (Lipinski definition) is 7. The lowest BCUT2D eigenvalue weighted by Gasteiger charge is -2.43. The lowest BCUT2D eigenvalue weighted by molar-refractivity contribution is -0.285. The third kappa shape index (κ3) is 13.4. The van der Waals surface area contributed by atoms with Crippen molar-refractivity contribution in [2.45, 2.75) is 194 Å². The van der Waals surface area contributed by atoms with E-state index >= 15 is 0 Å². The Morgan fingerprint density at radius 1 is 0.982 bits per heavy atom. The van der Waals surface area contributed by atoms with E-state index in [1.54, 1.807) is 27.7 Å². The summed E-state index contributed by atoms with van der Waals surface area (Å²) in [6, 6.07) is -0.857. The molecule has 0 spiro atoms. The highest BCUT2D eigenvalue weighted by molar-refractivity contribution is 5.85. The molecular weight excluding hydrogens is 718 g/mol. The predicted octanol–water partition coefficient (Wildman–Crippen LogP) is 4.71. The lowest BCUT2D eigenvalue weighted by atomic mass is 9.84. The number of nitrogens with zero attached hydrogens (tertiary/aromatic N) is 1. The van der Waals surface area contributed by atoms with Gasteiger partial charge < -0.3 is 50.1 Å². The van der Waals surface area contributed by atoms with E-state index in [4.69, 9.17) is 9.47 Å². The van der Waals surface area contributed by atoms with Crippen molar-refractivity contribution < 1.29 is 54.8 Å². The van der Waals surface area contributed by atoms with Crippen LogP contribution in [0.4, 0.5) is 0 Å². The summed E-state index contributed by atoms with van der Waals surface area (Å²) in [6.07, 6.45) is 2.14. The Balaban J connectivity index is 1.98. The minimum absolute atomic E-state index is 0.00601. The molecule has 15 atom stereocenters. The maximum Gasteiger partial charge on any atom is 0.329 e. The average molecular weight is 794 g/mol. The molecule has 322 valence electrons. The van der Waals surface area contributed by atoms with Gasteiger partial charge in [0.05, 0.1) is 49.1 Å². The second-order valence-corrected chi connectivity index (χ2v) is 17.7. The van der Waals surface area contributed by atoms with Crippen molar-refractivity contribution >= 4 is 11.9 Å². The Morgan fingerprint density at radius 2 is 1.64 bits per heavy atom. The molecule has 0 radical (unpaired) electrons. The summed E-state index contributed by atoms with van der Waals surface area (Å²) in [5.41, 5.74) is 2.22. The number of hydrogen-bond acceptors (Lipinski definition) is 11. The number of esters is 1. The minimum atomic E-state index is -1.84. The molecule has 15 unspecified atom stereocenters. The van der Waals surface area contributed by atoms with E-state index < -0.39 is 84.4 Å². The van der Waals surface area contributed by atoms with Crippen LogP contribution in [0.2, 0.25) is 0 Å². The number of aliphatic hydroxyl groups excluding tert-OH is 6.